The predicted molar refractivity (Wildman–Crippen MR) is 65.3 cm³/mol. The third kappa shape index (κ3) is 4.31. The fraction of sp³-hybridized carbons (Fsp3) is 0.750. The standard InChI is InChI=1S/C12H21NOS/c1-4-10(5-2)6-11(14)7-12-13-9(3)8-15-12/h8,10-11,14H,4-7H2,1-3H3. The van der Waals surface area contributed by atoms with Crippen LogP contribution in [0, 0.1) is 12.8 Å². The van der Waals surface area contributed by atoms with Crippen LogP contribution >= 0.6 is 11.3 Å². The fourth-order valence-electron chi connectivity index (χ4n) is 1.79. The average Bonchev–Trinajstić information content (AvgIpc) is 2.60. The van der Waals surface area contributed by atoms with Crippen LogP contribution in [0.3, 0.4) is 0 Å². The number of aryl methyl sites for hydroxylation is 1. The van der Waals surface area contributed by atoms with Gasteiger partial charge in [-0.25, -0.2) is 4.98 Å². The second kappa shape index (κ2) is 6.23. The van der Waals surface area contributed by atoms with E-state index in [-0.39, 0.29) is 6.10 Å². The van der Waals surface area contributed by atoms with Gasteiger partial charge < -0.3 is 5.11 Å². The first-order valence-corrected chi connectivity index (χ1v) is 6.62. The zero-order valence-electron chi connectivity index (χ0n) is 9.86. The van der Waals surface area contributed by atoms with Gasteiger partial charge in [-0.2, -0.15) is 0 Å². The zero-order valence-corrected chi connectivity index (χ0v) is 10.7. The maximum absolute atomic E-state index is 9.91. The van der Waals surface area contributed by atoms with Crippen LogP contribution in [0.5, 0.6) is 0 Å². The number of rotatable bonds is 6. The predicted octanol–water partition coefficient (Wildman–Crippen LogP) is 3.18. The number of hydrogen-bond acceptors (Lipinski definition) is 3. The Morgan fingerprint density at radius 3 is 2.53 bits per heavy atom. The van der Waals surface area contributed by atoms with Gasteiger partial charge in [0.15, 0.2) is 0 Å². The van der Waals surface area contributed by atoms with Crippen LogP contribution < -0.4 is 0 Å². The molecule has 0 amide bonds. The van der Waals surface area contributed by atoms with Gasteiger partial charge in [0, 0.05) is 17.5 Å². The lowest BCUT2D eigenvalue weighted by Gasteiger charge is -2.16. The highest BCUT2D eigenvalue weighted by Crippen LogP contribution is 2.18. The summed E-state index contributed by atoms with van der Waals surface area (Å²) >= 11 is 1.65. The lowest BCUT2D eigenvalue weighted by molar-refractivity contribution is 0.139. The van der Waals surface area contributed by atoms with Crippen molar-refractivity contribution in [3.05, 3.63) is 16.1 Å². The third-order valence-corrected chi connectivity index (χ3v) is 3.83. The van der Waals surface area contributed by atoms with Gasteiger partial charge in [0.1, 0.15) is 0 Å². The highest BCUT2D eigenvalue weighted by Gasteiger charge is 2.13. The Morgan fingerprint density at radius 1 is 1.40 bits per heavy atom. The zero-order chi connectivity index (χ0) is 11.3. The molecule has 1 heterocycles. The van der Waals surface area contributed by atoms with E-state index in [1.807, 2.05) is 12.3 Å². The van der Waals surface area contributed by atoms with Crippen molar-refractivity contribution in [2.24, 2.45) is 5.92 Å². The molecule has 0 saturated carbocycles. The largest absolute Gasteiger partial charge is 0.393 e. The third-order valence-electron chi connectivity index (χ3n) is 2.84. The molecule has 0 bridgehead atoms. The minimum Gasteiger partial charge on any atom is -0.393 e. The first-order valence-electron chi connectivity index (χ1n) is 5.74. The Morgan fingerprint density at radius 2 is 2.07 bits per heavy atom. The number of hydrogen-bond donors (Lipinski definition) is 1. The average molecular weight is 227 g/mol. The molecule has 86 valence electrons. The molecule has 1 N–H and O–H groups in total. The van der Waals surface area contributed by atoms with Crippen LogP contribution in [-0.4, -0.2) is 16.2 Å². The number of aliphatic hydroxyl groups is 1. The summed E-state index contributed by atoms with van der Waals surface area (Å²) in [6.07, 6.45) is 3.72. The molecule has 3 heteroatoms. The van der Waals surface area contributed by atoms with Crippen LogP contribution in [0.25, 0.3) is 0 Å². The molecular formula is C12H21NOS. The summed E-state index contributed by atoms with van der Waals surface area (Å²) in [5, 5.41) is 13.0. The number of aliphatic hydroxyl groups excluding tert-OH is 1. The van der Waals surface area contributed by atoms with E-state index in [2.05, 4.69) is 18.8 Å². The second-order valence-corrected chi connectivity index (χ2v) is 5.10. The minimum atomic E-state index is -0.222. The van der Waals surface area contributed by atoms with Crippen LogP contribution in [0.1, 0.15) is 43.8 Å². The lowest BCUT2D eigenvalue weighted by atomic mass is 9.95. The molecule has 0 aliphatic carbocycles. The summed E-state index contributed by atoms with van der Waals surface area (Å²) in [5.74, 6) is 0.654. The normalized spacial score (nSPS) is 13.4. The highest BCUT2D eigenvalue weighted by atomic mass is 32.1. The molecule has 15 heavy (non-hydrogen) atoms. The topological polar surface area (TPSA) is 33.1 Å². The Labute approximate surface area is 96.4 Å². The highest BCUT2D eigenvalue weighted by molar-refractivity contribution is 7.09. The summed E-state index contributed by atoms with van der Waals surface area (Å²) < 4.78 is 0. The molecule has 0 aliphatic heterocycles. The summed E-state index contributed by atoms with van der Waals surface area (Å²) in [7, 11) is 0. The quantitative estimate of drug-likeness (QED) is 0.809. The molecule has 1 unspecified atom stereocenters. The molecule has 0 fully saturated rings. The Hall–Kier alpha value is -0.410. The SMILES string of the molecule is CCC(CC)CC(O)Cc1nc(C)cs1. The maximum atomic E-state index is 9.91. The van der Waals surface area contributed by atoms with Crippen LogP contribution in [0.15, 0.2) is 5.38 Å². The number of aromatic nitrogens is 1. The van der Waals surface area contributed by atoms with Crippen LogP contribution in [0.4, 0.5) is 0 Å². The van der Waals surface area contributed by atoms with Gasteiger partial charge >= 0.3 is 0 Å². The van der Waals surface area contributed by atoms with Crippen molar-refractivity contribution in [3.63, 3.8) is 0 Å². The molecule has 0 aliphatic rings. The van der Waals surface area contributed by atoms with Crippen molar-refractivity contribution in [1.82, 2.24) is 4.98 Å². The smallest absolute Gasteiger partial charge is 0.0953 e. The second-order valence-electron chi connectivity index (χ2n) is 4.16. The summed E-state index contributed by atoms with van der Waals surface area (Å²) in [5.41, 5.74) is 1.06. The van der Waals surface area contributed by atoms with Gasteiger partial charge in [-0.3, -0.25) is 0 Å². The molecule has 0 radical (unpaired) electrons. The fourth-order valence-corrected chi connectivity index (χ4v) is 2.63. The van der Waals surface area contributed by atoms with E-state index in [4.69, 9.17) is 0 Å². The van der Waals surface area contributed by atoms with E-state index >= 15 is 0 Å². The van der Waals surface area contributed by atoms with E-state index in [9.17, 15) is 5.11 Å². The first kappa shape index (κ1) is 12.7. The van der Waals surface area contributed by atoms with Crippen molar-refractivity contribution in [2.45, 2.75) is 52.6 Å². The Bertz CT molecular complexity index is 281. The molecule has 1 rings (SSSR count). The van der Waals surface area contributed by atoms with Gasteiger partial charge in [-0.1, -0.05) is 26.7 Å². The lowest BCUT2D eigenvalue weighted by Crippen LogP contribution is -2.15. The van der Waals surface area contributed by atoms with Gasteiger partial charge in [-0.05, 0) is 19.3 Å². The van der Waals surface area contributed by atoms with E-state index < -0.39 is 0 Å². The molecule has 1 aromatic heterocycles. The van der Waals surface area contributed by atoms with Gasteiger partial charge in [0.05, 0.1) is 11.1 Å². The van der Waals surface area contributed by atoms with E-state index in [1.54, 1.807) is 11.3 Å². The molecule has 0 saturated heterocycles. The van der Waals surface area contributed by atoms with E-state index in [1.165, 1.54) is 0 Å². The van der Waals surface area contributed by atoms with E-state index in [0.717, 1.165) is 36.4 Å². The van der Waals surface area contributed by atoms with Gasteiger partial charge in [-0.15, -0.1) is 11.3 Å². The summed E-state index contributed by atoms with van der Waals surface area (Å²) in [6.45, 7) is 6.37. The van der Waals surface area contributed by atoms with Gasteiger partial charge in [0.2, 0.25) is 0 Å². The molecule has 0 aromatic carbocycles. The van der Waals surface area contributed by atoms with Crippen molar-refractivity contribution >= 4 is 11.3 Å². The summed E-state index contributed by atoms with van der Waals surface area (Å²) in [4.78, 5) is 4.37. The molecule has 1 atom stereocenters. The number of thiazole rings is 1. The molecule has 0 spiro atoms. The molecule has 1 aromatic rings. The first-order chi connectivity index (χ1) is 7.15. The maximum Gasteiger partial charge on any atom is 0.0953 e. The van der Waals surface area contributed by atoms with Crippen LogP contribution in [-0.2, 0) is 6.42 Å². The molecular weight excluding hydrogens is 206 g/mol. The van der Waals surface area contributed by atoms with Gasteiger partial charge in [0.25, 0.3) is 0 Å². The van der Waals surface area contributed by atoms with Crippen molar-refractivity contribution in [3.8, 4) is 0 Å². The Kier molecular flexibility index (Phi) is 5.26. The monoisotopic (exact) mass is 227 g/mol. The Balaban J connectivity index is 2.38. The number of nitrogens with zero attached hydrogens (tertiary/aromatic N) is 1. The minimum absolute atomic E-state index is 0.222. The van der Waals surface area contributed by atoms with Crippen molar-refractivity contribution in [2.75, 3.05) is 0 Å². The van der Waals surface area contributed by atoms with Crippen molar-refractivity contribution in [1.29, 1.82) is 0 Å². The van der Waals surface area contributed by atoms with Crippen LogP contribution in [0.2, 0.25) is 0 Å². The van der Waals surface area contributed by atoms with Crippen molar-refractivity contribution < 1.29 is 5.11 Å². The molecule has 2 nitrogen and oxygen atoms in total. The summed E-state index contributed by atoms with van der Waals surface area (Å²) in [6, 6.07) is 0. The van der Waals surface area contributed by atoms with E-state index in [0.29, 0.717) is 5.92 Å².